The third-order valence-corrected chi connectivity index (χ3v) is 2.32. The lowest BCUT2D eigenvalue weighted by molar-refractivity contribution is -0.142. The van der Waals surface area contributed by atoms with E-state index in [9.17, 15) is 4.79 Å². The van der Waals surface area contributed by atoms with E-state index in [2.05, 4.69) is 12.2 Å². The van der Waals surface area contributed by atoms with Crippen LogP contribution < -0.4 is 5.32 Å². The van der Waals surface area contributed by atoms with Gasteiger partial charge in [-0.2, -0.15) is 0 Å². The Hall–Kier alpha value is -0.570. The van der Waals surface area contributed by atoms with Crippen molar-refractivity contribution >= 4 is 5.97 Å². The van der Waals surface area contributed by atoms with Crippen molar-refractivity contribution in [3.8, 4) is 0 Å². The van der Waals surface area contributed by atoms with Crippen molar-refractivity contribution in [3.63, 3.8) is 0 Å². The number of hydrogen-bond donors (Lipinski definition) is 2. The lowest BCUT2D eigenvalue weighted by Crippen LogP contribution is -2.21. The summed E-state index contributed by atoms with van der Waals surface area (Å²) < 4.78 is 0. The van der Waals surface area contributed by atoms with Gasteiger partial charge in [0.25, 0.3) is 0 Å². The molecular formula is C8H15NO2. The van der Waals surface area contributed by atoms with Gasteiger partial charge in [-0.15, -0.1) is 0 Å². The molecule has 3 heteroatoms. The van der Waals surface area contributed by atoms with Crippen LogP contribution in [0.25, 0.3) is 0 Å². The fraction of sp³-hybridized carbons (Fsp3) is 0.875. The van der Waals surface area contributed by atoms with Crippen molar-refractivity contribution < 1.29 is 9.90 Å². The minimum atomic E-state index is -0.645. The maximum absolute atomic E-state index is 10.6. The van der Waals surface area contributed by atoms with Crippen molar-refractivity contribution in [2.24, 2.45) is 11.8 Å². The van der Waals surface area contributed by atoms with E-state index in [0.29, 0.717) is 12.5 Å². The summed E-state index contributed by atoms with van der Waals surface area (Å²) in [4.78, 5) is 10.6. The average molecular weight is 157 g/mol. The van der Waals surface area contributed by atoms with Gasteiger partial charge in [-0.3, -0.25) is 4.79 Å². The molecule has 0 bridgehead atoms. The highest BCUT2D eigenvalue weighted by molar-refractivity contribution is 5.71. The quantitative estimate of drug-likeness (QED) is 0.634. The summed E-state index contributed by atoms with van der Waals surface area (Å²) in [6.07, 6.45) is 2.11. The van der Waals surface area contributed by atoms with Crippen LogP contribution in [-0.2, 0) is 4.79 Å². The molecule has 0 unspecified atom stereocenters. The molecule has 0 aromatic heterocycles. The molecule has 0 aromatic carbocycles. The van der Waals surface area contributed by atoms with Gasteiger partial charge in [0.2, 0.25) is 0 Å². The highest BCUT2D eigenvalue weighted by atomic mass is 16.4. The Morgan fingerprint density at radius 2 is 2.36 bits per heavy atom. The third kappa shape index (κ3) is 1.93. The van der Waals surface area contributed by atoms with Gasteiger partial charge in [-0.05, 0) is 18.9 Å². The monoisotopic (exact) mass is 157 g/mol. The molecule has 1 heterocycles. The first-order chi connectivity index (χ1) is 5.25. The van der Waals surface area contributed by atoms with Gasteiger partial charge in [-0.1, -0.05) is 13.3 Å². The topological polar surface area (TPSA) is 49.3 Å². The van der Waals surface area contributed by atoms with Gasteiger partial charge >= 0.3 is 5.97 Å². The highest BCUT2D eigenvalue weighted by Gasteiger charge is 2.31. The first-order valence-corrected chi connectivity index (χ1v) is 4.19. The zero-order valence-corrected chi connectivity index (χ0v) is 6.84. The van der Waals surface area contributed by atoms with Crippen LogP contribution >= 0.6 is 0 Å². The standard InChI is InChI=1S/C8H15NO2/c1-2-3-6-4-9-5-7(6)8(10)11/h6-7,9H,2-5H2,1H3,(H,10,11)/t6-,7-/m1/s1. The second kappa shape index (κ2) is 3.72. The van der Waals surface area contributed by atoms with Gasteiger partial charge in [0, 0.05) is 6.54 Å². The summed E-state index contributed by atoms with van der Waals surface area (Å²) in [6, 6.07) is 0. The minimum Gasteiger partial charge on any atom is -0.481 e. The maximum atomic E-state index is 10.6. The molecule has 3 nitrogen and oxygen atoms in total. The number of carbonyl (C=O) groups is 1. The minimum absolute atomic E-state index is 0.144. The first kappa shape index (κ1) is 8.53. The summed E-state index contributed by atoms with van der Waals surface area (Å²) >= 11 is 0. The largest absolute Gasteiger partial charge is 0.481 e. The van der Waals surface area contributed by atoms with Crippen molar-refractivity contribution in [1.82, 2.24) is 5.32 Å². The van der Waals surface area contributed by atoms with Gasteiger partial charge in [-0.25, -0.2) is 0 Å². The van der Waals surface area contributed by atoms with E-state index in [0.717, 1.165) is 19.4 Å². The molecule has 0 amide bonds. The van der Waals surface area contributed by atoms with E-state index in [1.54, 1.807) is 0 Å². The van der Waals surface area contributed by atoms with Crippen LogP contribution in [0.5, 0.6) is 0 Å². The van der Waals surface area contributed by atoms with E-state index < -0.39 is 5.97 Å². The van der Waals surface area contributed by atoms with Gasteiger partial charge in [0.05, 0.1) is 5.92 Å². The first-order valence-electron chi connectivity index (χ1n) is 4.19. The molecular weight excluding hydrogens is 142 g/mol. The average Bonchev–Trinajstić information content (AvgIpc) is 2.36. The molecule has 11 heavy (non-hydrogen) atoms. The summed E-state index contributed by atoms with van der Waals surface area (Å²) in [7, 11) is 0. The molecule has 0 aromatic rings. The summed E-state index contributed by atoms with van der Waals surface area (Å²) in [5.41, 5.74) is 0. The molecule has 1 aliphatic rings. The molecule has 2 N–H and O–H groups in total. The summed E-state index contributed by atoms with van der Waals surface area (Å²) in [5, 5.41) is 11.9. The van der Waals surface area contributed by atoms with E-state index in [1.165, 1.54) is 0 Å². The van der Waals surface area contributed by atoms with Gasteiger partial charge in [0.15, 0.2) is 0 Å². The fourth-order valence-electron chi connectivity index (χ4n) is 1.70. The molecule has 2 atom stereocenters. The normalized spacial score (nSPS) is 30.6. The Bertz CT molecular complexity index is 147. The number of carboxylic acids is 1. The Balaban J connectivity index is 2.44. The van der Waals surface area contributed by atoms with Crippen LogP contribution in [-0.4, -0.2) is 24.2 Å². The lowest BCUT2D eigenvalue weighted by atomic mass is 9.92. The zero-order chi connectivity index (χ0) is 8.27. The molecule has 1 aliphatic heterocycles. The summed E-state index contributed by atoms with van der Waals surface area (Å²) in [6.45, 7) is 3.63. The second-order valence-electron chi connectivity index (χ2n) is 3.15. The fourth-order valence-corrected chi connectivity index (χ4v) is 1.70. The van der Waals surface area contributed by atoms with Crippen LogP contribution in [0.15, 0.2) is 0 Å². The van der Waals surface area contributed by atoms with Crippen molar-refractivity contribution in [3.05, 3.63) is 0 Å². The smallest absolute Gasteiger partial charge is 0.308 e. The van der Waals surface area contributed by atoms with Crippen molar-refractivity contribution in [2.75, 3.05) is 13.1 Å². The lowest BCUT2D eigenvalue weighted by Gasteiger charge is -2.12. The van der Waals surface area contributed by atoms with Crippen LogP contribution in [0.2, 0.25) is 0 Å². The van der Waals surface area contributed by atoms with Gasteiger partial charge < -0.3 is 10.4 Å². The molecule has 64 valence electrons. The number of hydrogen-bond acceptors (Lipinski definition) is 2. The molecule has 1 saturated heterocycles. The Morgan fingerprint density at radius 3 is 2.91 bits per heavy atom. The summed E-state index contributed by atoms with van der Waals surface area (Å²) in [5.74, 6) is -0.430. The number of nitrogens with one attached hydrogen (secondary N) is 1. The molecule has 0 spiro atoms. The van der Waals surface area contributed by atoms with E-state index in [4.69, 9.17) is 5.11 Å². The number of carboxylic acid groups (broad SMARTS) is 1. The van der Waals surface area contributed by atoms with Crippen molar-refractivity contribution in [1.29, 1.82) is 0 Å². The zero-order valence-electron chi connectivity index (χ0n) is 6.84. The maximum Gasteiger partial charge on any atom is 0.308 e. The van der Waals surface area contributed by atoms with Gasteiger partial charge in [0.1, 0.15) is 0 Å². The Kier molecular flexibility index (Phi) is 2.88. The third-order valence-electron chi connectivity index (χ3n) is 2.32. The predicted octanol–water partition coefficient (Wildman–Crippen LogP) is 0.707. The number of rotatable bonds is 3. The van der Waals surface area contributed by atoms with Crippen LogP contribution in [0, 0.1) is 11.8 Å². The molecule has 1 rings (SSSR count). The highest BCUT2D eigenvalue weighted by Crippen LogP contribution is 2.21. The SMILES string of the molecule is CCC[C@@H]1CNC[C@H]1C(=O)O. The Labute approximate surface area is 66.8 Å². The van der Waals surface area contributed by atoms with E-state index in [-0.39, 0.29) is 5.92 Å². The van der Waals surface area contributed by atoms with Crippen molar-refractivity contribution in [2.45, 2.75) is 19.8 Å². The molecule has 1 fully saturated rings. The molecule has 0 aliphatic carbocycles. The molecule has 0 radical (unpaired) electrons. The Morgan fingerprint density at radius 1 is 1.64 bits per heavy atom. The molecule has 0 saturated carbocycles. The van der Waals surface area contributed by atoms with Crippen LogP contribution in [0.3, 0.4) is 0 Å². The second-order valence-corrected chi connectivity index (χ2v) is 3.15. The van der Waals surface area contributed by atoms with E-state index in [1.807, 2.05) is 0 Å². The predicted molar refractivity (Wildman–Crippen MR) is 42.4 cm³/mol. The van der Waals surface area contributed by atoms with E-state index >= 15 is 0 Å². The number of aliphatic carboxylic acids is 1. The van der Waals surface area contributed by atoms with Crippen LogP contribution in [0.1, 0.15) is 19.8 Å². The van der Waals surface area contributed by atoms with Crippen LogP contribution in [0.4, 0.5) is 0 Å².